The third-order valence-electron chi connectivity index (χ3n) is 3.83. The molecule has 0 aromatic heterocycles. The van der Waals surface area contributed by atoms with E-state index in [1.807, 2.05) is 0 Å². The first-order chi connectivity index (χ1) is 12.0. The average Bonchev–Trinajstić information content (AvgIpc) is 2.53. The van der Waals surface area contributed by atoms with E-state index in [1.165, 1.54) is 0 Å². The number of nitrogen functional groups attached to an aromatic ring is 1. The Morgan fingerprint density at radius 1 is 0.846 bits per heavy atom. The molecule has 0 bridgehead atoms. The van der Waals surface area contributed by atoms with E-state index >= 15 is 0 Å². The molecule has 3 aromatic rings. The number of hydrogen-bond donors (Lipinski definition) is 4. The van der Waals surface area contributed by atoms with Crippen molar-refractivity contribution in [2.45, 2.75) is 9.79 Å². The standard InChI is InChI=1S/C16H13NO7S2/c17-16-14-10(6-11(8-12(14)18)25(19,20)21)7-13(26(22,23)24)15(16)9-4-2-1-3-5-9/h1-8,18H,17H2,(H,19,20,21)(H,22,23,24). The molecule has 0 radical (unpaired) electrons. The number of phenolic OH excluding ortho intramolecular Hbond substituents is 1. The predicted octanol–water partition coefficient (Wildman–Crippen LogP) is 2.29. The van der Waals surface area contributed by atoms with Crippen LogP contribution in [-0.2, 0) is 20.2 Å². The topological polar surface area (TPSA) is 155 Å². The quantitative estimate of drug-likeness (QED) is 0.389. The second kappa shape index (κ2) is 5.95. The fourth-order valence-corrected chi connectivity index (χ4v) is 4.05. The third-order valence-corrected chi connectivity index (χ3v) is 5.54. The number of rotatable bonds is 3. The van der Waals surface area contributed by atoms with E-state index in [0.717, 1.165) is 18.2 Å². The fraction of sp³-hybridized carbons (Fsp3) is 0. The molecule has 0 saturated carbocycles. The molecule has 0 saturated heterocycles. The Morgan fingerprint density at radius 3 is 2.00 bits per heavy atom. The van der Waals surface area contributed by atoms with Gasteiger partial charge in [-0.15, -0.1) is 0 Å². The van der Waals surface area contributed by atoms with Crippen molar-refractivity contribution in [1.82, 2.24) is 0 Å². The van der Waals surface area contributed by atoms with E-state index in [-0.39, 0.29) is 22.0 Å². The molecular formula is C16H13NO7S2. The number of fused-ring (bicyclic) bond motifs is 1. The van der Waals surface area contributed by atoms with Crippen LogP contribution in [0, 0.1) is 0 Å². The molecule has 0 heterocycles. The molecule has 0 amide bonds. The minimum absolute atomic E-state index is 0.0105. The number of hydrogen-bond acceptors (Lipinski definition) is 6. The number of benzene rings is 3. The van der Waals surface area contributed by atoms with Gasteiger partial charge >= 0.3 is 0 Å². The molecule has 26 heavy (non-hydrogen) atoms. The third kappa shape index (κ3) is 3.10. The SMILES string of the molecule is Nc1c(-c2ccccc2)c(S(=O)(=O)O)cc2cc(S(=O)(=O)O)cc(O)c12. The summed E-state index contributed by atoms with van der Waals surface area (Å²) < 4.78 is 65.1. The molecule has 8 nitrogen and oxygen atoms in total. The Morgan fingerprint density at radius 2 is 1.46 bits per heavy atom. The summed E-state index contributed by atoms with van der Waals surface area (Å²) in [7, 11) is -9.38. The van der Waals surface area contributed by atoms with Gasteiger partial charge in [0.25, 0.3) is 20.2 Å². The first-order valence-electron chi connectivity index (χ1n) is 7.10. The molecule has 0 fully saturated rings. The Hall–Kier alpha value is -2.66. The largest absolute Gasteiger partial charge is 0.507 e. The van der Waals surface area contributed by atoms with Crippen molar-refractivity contribution in [3.05, 3.63) is 48.5 Å². The number of aromatic hydroxyl groups is 1. The van der Waals surface area contributed by atoms with E-state index in [2.05, 4.69) is 0 Å². The summed E-state index contributed by atoms with van der Waals surface area (Å²) in [6.07, 6.45) is 0. The average molecular weight is 395 g/mol. The monoisotopic (exact) mass is 395 g/mol. The number of phenols is 1. The molecule has 3 rings (SSSR count). The Labute approximate surface area is 149 Å². The van der Waals surface area contributed by atoms with Gasteiger partial charge in [-0.2, -0.15) is 16.8 Å². The van der Waals surface area contributed by atoms with Crippen molar-refractivity contribution >= 4 is 36.7 Å². The highest BCUT2D eigenvalue weighted by molar-refractivity contribution is 7.86. The molecule has 0 aliphatic carbocycles. The van der Waals surface area contributed by atoms with Crippen molar-refractivity contribution in [2.75, 3.05) is 5.73 Å². The summed E-state index contributed by atoms with van der Waals surface area (Å²) >= 11 is 0. The van der Waals surface area contributed by atoms with Crippen LogP contribution in [-0.4, -0.2) is 31.0 Å². The number of anilines is 1. The maximum atomic E-state index is 11.9. The zero-order chi connectivity index (χ0) is 19.3. The van der Waals surface area contributed by atoms with Crippen LogP contribution in [0.1, 0.15) is 0 Å². The van der Waals surface area contributed by atoms with Crippen LogP contribution in [0.2, 0.25) is 0 Å². The van der Waals surface area contributed by atoms with Gasteiger partial charge in [0, 0.05) is 17.0 Å². The molecule has 10 heteroatoms. The van der Waals surface area contributed by atoms with Gasteiger partial charge < -0.3 is 10.8 Å². The van der Waals surface area contributed by atoms with Crippen molar-refractivity contribution in [3.63, 3.8) is 0 Å². The van der Waals surface area contributed by atoms with Gasteiger partial charge in [-0.3, -0.25) is 9.11 Å². The van der Waals surface area contributed by atoms with Gasteiger partial charge in [-0.25, -0.2) is 0 Å². The van der Waals surface area contributed by atoms with E-state index in [0.29, 0.717) is 5.56 Å². The zero-order valence-corrected chi connectivity index (χ0v) is 14.6. The van der Waals surface area contributed by atoms with Crippen molar-refractivity contribution in [1.29, 1.82) is 0 Å². The van der Waals surface area contributed by atoms with Crippen LogP contribution >= 0.6 is 0 Å². The van der Waals surface area contributed by atoms with Gasteiger partial charge in [-0.1, -0.05) is 30.3 Å². The van der Waals surface area contributed by atoms with Gasteiger partial charge in [0.1, 0.15) is 10.6 Å². The lowest BCUT2D eigenvalue weighted by Gasteiger charge is -2.15. The molecule has 136 valence electrons. The molecular weight excluding hydrogens is 382 g/mol. The lowest BCUT2D eigenvalue weighted by atomic mass is 9.98. The summed E-state index contributed by atoms with van der Waals surface area (Å²) in [5.41, 5.74) is 6.24. The summed E-state index contributed by atoms with van der Waals surface area (Å²) in [6, 6.07) is 10.8. The number of nitrogens with two attached hydrogens (primary N) is 1. The van der Waals surface area contributed by atoms with Crippen LogP contribution in [0.25, 0.3) is 21.9 Å². The molecule has 0 aliphatic heterocycles. The first kappa shape index (κ1) is 18.1. The van der Waals surface area contributed by atoms with Gasteiger partial charge in [0.2, 0.25) is 0 Å². The van der Waals surface area contributed by atoms with Crippen molar-refractivity contribution in [3.8, 4) is 16.9 Å². The van der Waals surface area contributed by atoms with Crippen LogP contribution in [0.3, 0.4) is 0 Å². The highest BCUT2D eigenvalue weighted by atomic mass is 32.2. The summed E-state index contributed by atoms with van der Waals surface area (Å²) in [6.45, 7) is 0. The first-order valence-corrected chi connectivity index (χ1v) is 9.98. The highest BCUT2D eigenvalue weighted by Gasteiger charge is 2.24. The smallest absolute Gasteiger partial charge is 0.295 e. The lowest BCUT2D eigenvalue weighted by molar-refractivity contribution is 0.471. The molecule has 0 spiro atoms. The van der Waals surface area contributed by atoms with E-state index in [9.17, 15) is 26.5 Å². The van der Waals surface area contributed by atoms with E-state index < -0.39 is 35.8 Å². The molecule has 0 atom stereocenters. The Kier molecular flexibility index (Phi) is 4.15. The van der Waals surface area contributed by atoms with Crippen LogP contribution in [0.15, 0.2) is 58.3 Å². The summed E-state index contributed by atoms with van der Waals surface area (Å²) in [5.74, 6) is -0.563. The van der Waals surface area contributed by atoms with E-state index in [4.69, 9.17) is 10.3 Å². The minimum Gasteiger partial charge on any atom is -0.507 e. The Bertz CT molecular complexity index is 1230. The van der Waals surface area contributed by atoms with Crippen molar-refractivity contribution in [2.24, 2.45) is 0 Å². The normalized spacial score (nSPS) is 12.4. The minimum atomic E-state index is -4.73. The zero-order valence-electron chi connectivity index (χ0n) is 13.0. The lowest BCUT2D eigenvalue weighted by Crippen LogP contribution is -2.05. The fourth-order valence-electron chi connectivity index (χ4n) is 2.76. The Balaban J connectivity index is 2.53. The highest BCUT2D eigenvalue weighted by Crippen LogP contribution is 2.42. The van der Waals surface area contributed by atoms with Gasteiger partial charge in [0.05, 0.1) is 10.6 Å². The maximum absolute atomic E-state index is 11.9. The van der Waals surface area contributed by atoms with Gasteiger partial charge in [0.15, 0.2) is 0 Å². The van der Waals surface area contributed by atoms with Gasteiger partial charge in [-0.05, 0) is 23.1 Å². The second-order valence-corrected chi connectivity index (χ2v) is 8.33. The van der Waals surface area contributed by atoms with Crippen LogP contribution in [0.5, 0.6) is 5.75 Å². The summed E-state index contributed by atoms with van der Waals surface area (Å²) in [4.78, 5) is -1.20. The van der Waals surface area contributed by atoms with Crippen molar-refractivity contribution < 1.29 is 31.0 Å². The second-order valence-electron chi connectivity index (χ2n) is 5.52. The predicted molar refractivity (Wildman–Crippen MR) is 95.1 cm³/mol. The maximum Gasteiger partial charge on any atom is 0.295 e. The molecule has 0 aliphatic rings. The molecule has 0 unspecified atom stereocenters. The molecule has 5 N–H and O–H groups in total. The van der Waals surface area contributed by atoms with Crippen LogP contribution in [0.4, 0.5) is 5.69 Å². The molecule has 3 aromatic carbocycles. The van der Waals surface area contributed by atoms with E-state index in [1.54, 1.807) is 30.3 Å². The summed E-state index contributed by atoms with van der Waals surface area (Å²) in [5, 5.41) is 10.1. The van der Waals surface area contributed by atoms with Crippen LogP contribution < -0.4 is 5.73 Å².